The van der Waals surface area contributed by atoms with E-state index in [9.17, 15) is 24.5 Å². The molecule has 17 heteroatoms. The van der Waals surface area contributed by atoms with Crippen LogP contribution in [0, 0.1) is 34.5 Å². The van der Waals surface area contributed by atoms with Crippen LogP contribution in [0.2, 0.25) is 0 Å². The van der Waals surface area contributed by atoms with Crippen LogP contribution in [0.15, 0.2) is 6.33 Å². The lowest BCUT2D eigenvalue weighted by Crippen LogP contribution is -2.39. The molecule has 4 N–H and O–H groups in total. The Morgan fingerprint density at radius 1 is 1.17 bits per heavy atom. The second-order valence-corrected chi connectivity index (χ2v) is 14.7. The van der Waals surface area contributed by atoms with Gasteiger partial charge < -0.3 is 34.3 Å². The van der Waals surface area contributed by atoms with Crippen molar-refractivity contribution in [1.29, 1.82) is 5.26 Å². The smallest absolute Gasteiger partial charge is 0.323 e. The number of aromatic nitrogens is 4. The van der Waals surface area contributed by atoms with Gasteiger partial charge in [0.2, 0.25) is 11.8 Å². The normalized spacial score (nSPS) is 24.0. The zero-order chi connectivity index (χ0) is 34.4. The first kappa shape index (κ1) is 37.1. The summed E-state index contributed by atoms with van der Waals surface area (Å²) in [5.41, 5.74) is 4.84. The maximum atomic E-state index is 14.2. The Balaban J connectivity index is 1.87. The van der Waals surface area contributed by atoms with Gasteiger partial charge in [-0.2, -0.15) is 15.2 Å². The van der Waals surface area contributed by atoms with Gasteiger partial charge in [0.05, 0.1) is 50.9 Å². The summed E-state index contributed by atoms with van der Waals surface area (Å²) in [5, 5.41) is 24.2. The van der Waals surface area contributed by atoms with Crippen LogP contribution in [0.25, 0.3) is 11.2 Å². The first-order valence-electron chi connectivity index (χ1n) is 15.3. The van der Waals surface area contributed by atoms with Crippen molar-refractivity contribution in [2.24, 2.45) is 23.2 Å². The molecule has 1 aliphatic heterocycles. The van der Waals surface area contributed by atoms with Gasteiger partial charge in [-0.05, 0) is 32.6 Å². The number of hydrogen-bond donors (Lipinski definition) is 3. The van der Waals surface area contributed by atoms with Crippen LogP contribution in [-0.2, 0) is 32.9 Å². The molecule has 16 nitrogen and oxygen atoms in total. The third-order valence-corrected chi connectivity index (χ3v) is 9.57. The number of rotatable bonds is 16. The molecule has 0 bridgehead atoms. The molecule has 2 aromatic heterocycles. The Hall–Kier alpha value is -3.35. The van der Waals surface area contributed by atoms with E-state index in [2.05, 4.69) is 26.1 Å². The highest BCUT2D eigenvalue weighted by Crippen LogP contribution is 2.50. The van der Waals surface area contributed by atoms with Crippen molar-refractivity contribution >= 4 is 36.6 Å². The molecule has 1 aliphatic rings. The zero-order valence-corrected chi connectivity index (χ0v) is 28.5. The molecule has 0 aliphatic carbocycles. The third kappa shape index (κ3) is 8.71. The summed E-state index contributed by atoms with van der Waals surface area (Å²) in [6.45, 7) is 14.0. The van der Waals surface area contributed by atoms with Crippen LogP contribution < -0.4 is 15.6 Å². The molecule has 0 amide bonds. The molecule has 3 heterocycles. The summed E-state index contributed by atoms with van der Waals surface area (Å²) in [6, 6.07) is 1.06. The quantitative estimate of drug-likeness (QED) is 0.173. The van der Waals surface area contributed by atoms with Crippen LogP contribution in [0.3, 0.4) is 0 Å². The average molecular weight is 668 g/mol. The number of hydrogen-bond acceptors (Lipinski definition) is 14. The Morgan fingerprint density at radius 2 is 1.80 bits per heavy atom. The van der Waals surface area contributed by atoms with Gasteiger partial charge in [0.1, 0.15) is 23.7 Å². The molecule has 1 fully saturated rings. The highest BCUT2D eigenvalue weighted by molar-refractivity contribution is 7.57. The van der Waals surface area contributed by atoms with Gasteiger partial charge in [-0.25, -0.2) is 10.1 Å². The Kier molecular flexibility index (Phi) is 12.5. The van der Waals surface area contributed by atoms with Crippen molar-refractivity contribution in [3.63, 3.8) is 0 Å². The number of esters is 2. The number of nitrogens with zero attached hydrogens (tertiary/aromatic N) is 5. The number of nitrogens with two attached hydrogens (primary N) is 1. The fraction of sp³-hybridized carbons (Fsp3) is 0.724. The van der Waals surface area contributed by atoms with Gasteiger partial charge in [-0.3, -0.25) is 18.7 Å². The number of aliphatic hydroxyl groups is 1. The Bertz CT molecular complexity index is 1430. The number of carbonyl (C=O) groups excluding carboxylic acids is 2. The number of nitrogens with one attached hydrogen (secondary N) is 1. The fourth-order valence-electron chi connectivity index (χ4n) is 4.72. The molecule has 1 saturated heterocycles. The third-order valence-electron chi connectivity index (χ3n) is 7.19. The number of imidazole rings is 1. The van der Waals surface area contributed by atoms with Crippen molar-refractivity contribution < 1.29 is 42.7 Å². The van der Waals surface area contributed by atoms with Gasteiger partial charge in [-0.15, -0.1) is 0 Å². The SMILES string of the molecule is CCOc1nc(N)nc2c1ncn2[C@@H]1O[C@H](COP(=O)(C[C@H](C)C(=O)OCC(C)C)N[C@@H](C)C(=O)OCC(C)C)[C@@H](O)[C@@]1(C)C#N. The zero-order valence-electron chi connectivity index (χ0n) is 27.6. The van der Waals surface area contributed by atoms with E-state index in [-0.39, 0.29) is 54.2 Å². The maximum absolute atomic E-state index is 14.2. The summed E-state index contributed by atoms with van der Waals surface area (Å²) in [7, 11) is -4.00. The molecule has 0 spiro atoms. The molecule has 3 rings (SSSR count). The van der Waals surface area contributed by atoms with Gasteiger partial charge in [0, 0.05) is 0 Å². The molecular weight excluding hydrogens is 621 g/mol. The fourth-order valence-corrected chi connectivity index (χ4v) is 6.96. The number of nitriles is 1. The van der Waals surface area contributed by atoms with Crippen LogP contribution >= 0.6 is 7.52 Å². The van der Waals surface area contributed by atoms with E-state index in [1.54, 1.807) is 13.8 Å². The average Bonchev–Trinajstić information content (AvgIpc) is 3.51. The minimum absolute atomic E-state index is 0.0830. The highest BCUT2D eigenvalue weighted by Gasteiger charge is 2.55. The number of aliphatic hydroxyl groups excluding tert-OH is 1. The van der Waals surface area contributed by atoms with E-state index >= 15 is 0 Å². The van der Waals surface area contributed by atoms with Gasteiger partial charge >= 0.3 is 11.9 Å². The number of nitrogen functional groups attached to an aromatic ring is 1. The minimum Gasteiger partial charge on any atom is -0.476 e. The number of fused-ring (bicyclic) bond motifs is 1. The molecule has 0 aromatic carbocycles. The molecule has 256 valence electrons. The lowest BCUT2D eigenvalue weighted by atomic mass is 9.84. The summed E-state index contributed by atoms with van der Waals surface area (Å²) in [5.74, 6) is -1.87. The van der Waals surface area contributed by atoms with Crippen molar-refractivity contribution in [1.82, 2.24) is 24.6 Å². The van der Waals surface area contributed by atoms with E-state index in [4.69, 9.17) is 29.2 Å². The summed E-state index contributed by atoms with van der Waals surface area (Å²) in [6.07, 6.45) is -2.67. The van der Waals surface area contributed by atoms with E-state index in [0.29, 0.717) is 6.61 Å². The first-order valence-corrected chi connectivity index (χ1v) is 17.1. The van der Waals surface area contributed by atoms with E-state index in [0.717, 1.165) is 0 Å². The van der Waals surface area contributed by atoms with Crippen LogP contribution in [0.1, 0.15) is 61.6 Å². The summed E-state index contributed by atoms with van der Waals surface area (Å²) < 4.78 is 43.8. The number of anilines is 1. The van der Waals surface area contributed by atoms with Crippen LogP contribution in [-0.4, -0.2) is 87.4 Å². The second kappa shape index (κ2) is 15.5. The van der Waals surface area contributed by atoms with Crippen molar-refractivity contribution in [2.45, 2.75) is 79.9 Å². The Morgan fingerprint density at radius 3 is 2.39 bits per heavy atom. The van der Waals surface area contributed by atoms with E-state index in [1.165, 1.54) is 24.7 Å². The molecule has 0 radical (unpaired) electrons. The summed E-state index contributed by atoms with van der Waals surface area (Å²) >= 11 is 0. The molecular formula is C29H46N7O9P. The number of ether oxygens (including phenoxy) is 4. The standard InChI is InChI=1S/C29H46N7O9P/c1-9-41-24-21-23(33-28(31)34-24)36(15-32-21)27-29(8,14-30)22(37)20(45-27)12-44-46(40,13-18(6)25(38)42-10-16(2)3)35-19(7)26(39)43-11-17(4)5/h15-20,22,27,37H,9-13H2,1-8H3,(H,35,40)(H2,31,33,34)/t18-,19-,20+,22+,27+,29+,46?/m0/s1. The topological polar surface area (TPSA) is 223 Å². The largest absolute Gasteiger partial charge is 0.476 e. The van der Waals surface area contributed by atoms with Crippen molar-refractivity contribution in [3.05, 3.63) is 6.33 Å². The predicted octanol–water partition coefficient (Wildman–Crippen LogP) is 2.82. The van der Waals surface area contributed by atoms with Crippen molar-refractivity contribution in [3.8, 4) is 11.9 Å². The Labute approximate surface area is 268 Å². The molecule has 2 aromatic rings. The van der Waals surface area contributed by atoms with E-state index < -0.39 is 61.9 Å². The van der Waals surface area contributed by atoms with Gasteiger partial charge in [0.25, 0.3) is 7.52 Å². The monoisotopic (exact) mass is 667 g/mol. The molecule has 7 atom stereocenters. The van der Waals surface area contributed by atoms with Crippen LogP contribution in [0.5, 0.6) is 5.88 Å². The van der Waals surface area contributed by atoms with Gasteiger partial charge in [-0.1, -0.05) is 34.6 Å². The van der Waals surface area contributed by atoms with Crippen LogP contribution in [0.4, 0.5) is 5.95 Å². The number of carbonyl (C=O) groups is 2. The first-order chi connectivity index (χ1) is 21.5. The molecule has 1 unspecified atom stereocenters. The second-order valence-electron chi connectivity index (χ2n) is 12.5. The maximum Gasteiger partial charge on any atom is 0.323 e. The lowest BCUT2D eigenvalue weighted by molar-refractivity contribution is -0.148. The lowest BCUT2D eigenvalue weighted by Gasteiger charge is -2.27. The molecule has 46 heavy (non-hydrogen) atoms. The predicted molar refractivity (Wildman–Crippen MR) is 166 cm³/mol. The highest BCUT2D eigenvalue weighted by atomic mass is 31.2. The minimum atomic E-state index is -4.00. The molecule has 0 saturated carbocycles. The summed E-state index contributed by atoms with van der Waals surface area (Å²) in [4.78, 5) is 38.0. The van der Waals surface area contributed by atoms with Crippen molar-refractivity contribution in [2.75, 3.05) is 38.3 Å². The van der Waals surface area contributed by atoms with E-state index in [1.807, 2.05) is 27.7 Å². The van der Waals surface area contributed by atoms with Gasteiger partial charge in [0.15, 0.2) is 17.4 Å².